The molecule has 1 fully saturated rings. The van der Waals surface area contributed by atoms with Crippen molar-refractivity contribution in [3.05, 3.63) is 152 Å². The molecule has 0 aromatic heterocycles. The SMILES string of the molecule is Cc1cc(C)c(-c2cccc(-c3c(C)cc(C)cc3C)[c]2[Ge]2[S][Ge]([c]3c(-c4c(C)cc(C)cc4C)cccc3-c3c(C)cc(C)cc3C)[S]2)c(C)c1.[Li+].[Li+].[SH-].[SH-]. The van der Waals surface area contributed by atoms with Crippen molar-refractivity contribution >= 4 is 76.7 Å². The third-order valence-electron chi connectivity index (χ3n) is 10.7. The van der Waals surface area contributed by atoms with Crippen LogP contribution in [0.2, 0.25) is 0 Å². The van der Waals surface area contributed by atoms with Crippen LogP contribution in [0, 0.1) is 83.1 Å². The number of hydrogen-bond donors (Lipinski definition) is 0. The van der Waals surface area contributed by atoms with Gasteiger partial charge in [0.05, 0.1) is 0 Å². The van der Waals surface area contributed by atoms with Crippen molar-refractivity contribution in [1.82, 2.24) is 0 Å². The standard InChI is InChI=1S/C48H50Ge2S2.2Li.2H2S/c1-27-19-31(5)43(32(6)20-27)39-15-13-16-40(44-33(7)21-28(2)22-34(44)8)47(39)49-51-50(52-49)48-41(45-35(9)23-29(3)24-36(45)10)17-14-18-42(48)46-37(11)25-30(4)26-38(46)12;;;;/h13-26H,1-12H3;;;2*1H2/q;2*+1;;/p-2. The van der Waals surface area contributed by atoms with E-state index in [1.807, 2.05) is 0 Å². The zero-order valence-electron chi connectivity index (χ0n) is 35.8. The molecule has 1 heterocycles. The average Bonchev–Trinajstić information content (AvgIpc) is 3.00. The minimum Gasteiger partial charge on any atom is -0.813 e. The number of rotatable bonds is 6. The first-order valence-corrected chi connectivity index (χ1v) is 32.4. The topological polar surface area (TPSA) is 0 Å². The quantitative estimate of drug-likeness (QED) is 0.113. The normalized spacial score (nSPS) is 12.5. The van der Waals surface area contributed by atoms with E-state index in [9.17, 15) is 0 Å². The van der Waals surface area contributed by atoms with Gasteiger partial charge in [0, 0.05) is 0 Å². The third kappa shape index (κ3) is 9.47. The van der Waals surface area contributed by atoms with Gasteiger partial charge >= 0.3 is 367 Å². The van der Waals surface area contributed by atoms with Gasteiger partial charge in [0.15, 0.2) is 0 Å². The first-order chi connectivity index (χ1) is 24.7. The van der Waals surface area contributed by atoms with E-state index >= 15 is 0 Å². The van der Waals surface area contributed by atoms with E-state index < -0.39 is 24.1 Å². The number of hydrogen-bond acceptors (Lipinski definition) is 4. The Bertz CT molecular complexity index is 2010. The molecule has 0 aliphatic carbocycles. The molecule has 278 valence electrons. The summed E-state index contributed by atoms with van der Waals surface area (Å²) in [5.41, 5.74) is 28.2. The maximum absolute atomic E-state index is 2.47. The molecule has 0 saturated carbocycles. The van der Waals surface area contributed by atoms with Crippen molar-refractivity contribution in [1.29, 1.82) is 0 Å². The Hall–Kier alpha value is -0.999. The molecule has 1 aliphatic rings. The van der Waals surface area contributed by atoms with Gasteiger partial charge in [-0.25, -0.2) is 0 Å². The second kappa shape index (κ2) is 20.0. The van der Waals surface area contributed by atoms with Crippen LogP contribution < -0.4 is 46.5 Å². The second-order valence-electron chi connectivity index (χ2n) is 15.3. The average molecular weight is 916 g/mol. The monoisotopic (exact) mass is 918 g/mol. The molecule has 0 N–H and O–H groups in total. The molecule has 8 heteroatoms. The molecule has 6 aromatic carbocycles. The van der Waals surface area contributed by atoms with E-state index in [4.69, 9.17) is 0 Å². The minimum atomic E-state index is -1.87. The zero-order chi connectivity index (χ0) is 37.2. The summed E-state index contributed by atoms with van der Waals surface area (Å²) in [6.07, 6.45) is 0. The van der Waals surface area contributed by atoms with Crippen molar-refractivity contribution in [3.8, 4) is 44.5 Å². The van der Waals surface area contributed by atoms with Gasteiger partial charge in [-0.2, -0.15) is 0 Å². The van der Waals surface area contributed by atoms with Crippen LogP contribution in [0.25, 0.3) is 44.5 Å². The Morgan fingerprint density at radius 1 is 0.321 bits per heavy atom. The van der Waals surface area contributed by atoms with Gasteiger partial charge in [-0.15, -0.1) is 0 Å². The Kier molecular flexibility index (Phi) is 17.7. The van der Waals surface area contributed by atoms with E-state index in [0.717, 1.165) is 0 Å². The molecule has 0 atom stereocenters. The zero-order valence-corrected chi connectivity index (χ0v) is 43.4. The fourth-order valence-corrected chi connectivity index (χ4v) is 68.0. The predicted molar refractivity (Wildman–Crippen MR) is 255 cm³/mol. The third-order valence-corrected chi connectivity index (χ3v) is 75.6. The Labute approximate surface area is 389 Å². The molecule has 0 nitrogen and oxygen atoms in total. The Morgan fingerprint density at radius 2 is 0.500 bits per heavy atom. The van der Waals surface area contributed by atoms with Crippen molar-refractivity contribution in [2.24, 2.45) is 0 Å². The van der Waals surface area contributed by atoms with Gasteiger partial charge < -0.3 is 27.0 Å². The number of aryl methyl sites for hydroxylation is 12. The summed E-state index contributed by atoms with van der Waals surface area (Å²) in [5.74, 6) is 0. The fraction of sp³-hybridized carbons (Fsp3) is 0.250. The van der Waals surface area contributed by atoms with Crippen LogP contribution >= 0.6 is 16.8 Å². The van der Waals surface area contributed by atoms with Gasteiger partial charge in [-0.3, -0.25) is 0 Å². The van der Waals surface area contributed by atoms with E-state index in [1.54, 1.807) is 8.79 Å². The molecular weight excluding hydrogens is 864 g/mol. The molecular formula is C48H52Ge2Li2S4. The summed E-state index contributed by atoms with van der Waals surface area (Å²) in [4.78, 5) is 0. The summed E-state index contributed by atoms with van der Waals surface area (Å²) >= 11 is -3.74. The van der Waals surface area contributed by atoms with E-state index in [0.29, 0.717) is 0 Å². The minimum absolute atomic E-state index is 0. The van der Waals surface area contributed by atoms with E-state index in [-0.39, 0.29) is 64.7 Å². The molecule has 2 radical (unpaired) electrons. The molecule has 0 bridgehead atoms. The van der Waals surface area contributed by atoms with Gasteiger partial charge in [0.25, 0.3) is 0 Å². The van der Waals surface area contributed by atoms with Crippen molar-refractivity contribution < 1.29 is 37.7 Å². The van der Waals surface area contributed by atoms with Crippen LogP contribution in [-0.4, -0.2) is 24.1 Å². The summed E-state index contributed by atoms with van der Waals surface area (Å²) in [6.45, 7) is 27.5. The summed E-state index contributed by atoms with van der Waals surface area (Å²) in [7, 11) is 4.94. The van der Waals surface area contributed by atoms with Gasteiger partial charge in [-0.05, 0) is 0 Å². The van der Waals surface area contributed by atoms with Crippen LogP contribution in [0.1, 0.15) is 66.8 Å². The molecule has 56 heavy (non-hydrogen) atoms. The largest absolute Gasteiger partial charge is 1.00 e. The first-order valence-electron chi connectivity index (χ1n) is 18.4. The van der Waals surface area contributed by atoms with Crippen LogP contribution in [0.4, 0.5) is 0 Å². The van der Waals surface area contributed by atoms with Gasteiger partial charge in [0.2, 0.25) is 0 Å². The maximum Gasteiger partial charge on any atom is 1.00 e. The van der Waals surface area contributed by atoms with E-state index in [2.05, 4.69) is 185 Å². The smallest absolute Gasteiger partial charge is 0.813 e. The molecule has 0 spiro atoms. The molecule has 0 amide bonds. The maximum atomic E-state index is 2.47. The molecule has 6 aromatic rings. The molecule has 1 aliphatic heterocycles. The van der Waals surface area contributed by atoms with Crippen LogP contribution in [0.5, 0.6) is 0 Å². The number of thiol groups is 2. The first kappa shape index (κ1) is 49.4. The fourth-order valence-electron chi connectivity index (χ4n) is 9.18. The van der Waals surface area contributed by atoms with Gasteiger partial charge in [-0.1, -0.05) is 0 Å². The van der Waals surface area contributed by atoms with Crippen LogP contribution in [0.3, 0.4) is 0 Å². The van der Waals surface area contributed by atoms with Gasteiger partial charge in [0.1, 0.15) is 0 Å². The molecule has 7 rings (SSSR count). The Morgan fingerprint density at radius 3 is 0.679 bits per heavy atom. The molecule has 0 unspecified atom stereocenters. The number of benzene rings is 6. The van der Waals surface area contributed by atoms with Crippen LogP contribution in [0.15, 0.2) is 84.9 Å². The molecule has 1 saturated heterocycles. The van der Waals surface area contributed by atoms with Crippen molar-refractivity contribution in [2.45, 2.75) is 83.1 Å². The summed E-state index contributed by atoms with van der Waals surface area (Å²) in [6, 6.07) is 33.5. The second-order valence-corrected chi connectivity index (χ2v) is 47.3. The van der Waals surface area contributed by atoms with Crippen molar-refractivity contribution in [2.75, 3.05) is 0 Å². The summed E-state index contributed by atoms with van der Waals surface area (Å²) < 4.78 is 3.34. The predicted octanol–water partition coefficient (Wildman–Crippen LogP) is 6.09. The summed E-state index contributed by atoms with van der Waals surface area (Å²) in [5, 5.41) is 0. The Balaban J connectivity index is 0.00000210. The van der Waals surface area contributed by atoms with Crippen LogP contribution in [-0.2, 0) is 27.0 Å². The van der Waals surface area contributed by atoms with Crippen molar-refractivity contribution in [3.63, 3.8) is 0 Å². The van der Waals surface area contributed by atoms with E-state index in [1.165, 1.54) is 111 Å².